The number of anilines is 1. The number of para-hydroxylation sites is 1. The molecule has 33 heavy (non-hydrogen) atoms. The van der Waals surface area contributed by atoms with E-state index in [1.54, 1.807) is 0 Å². The fourth-order valence-electron chi connectivity index (χ4n) is 5.15. The van der Waals surface area contributed by atoms with Gasteiger partial charge in [0.1, 0.15) is 35.1 Å². The number of ether oxygens (including phenoxy) is 1. The summed E-state index contributed by atoms with van der Waals surface area (Å²) in [5, 5.41) is 8.99. The largest absolute Gasteiger partial charge is 0.457 e. The number of carbonyl (C=O) groups is 1. The quantitative estimate of drug-likeness (QED) is 0.497. The second kappa shape index (κ2) is 7.67. The molecule has 8 heteroatoms. The number of nitrogens with one attached hydrogen (secondary N) is 1. The minimum Gasteiger partial charge on any atom is -0.457 e. The second-order valence-corrected chi connectivity index (χ2v) is 8.88. The number of Topliss-reactive ketones (excluding diaryl/α,β-unsaturated/α-hetero) is 1. The standard InChI is InChI=1S/C25H24N6O2/c26-23-21-22(16-6-8-19(9-7-16)33-18-4-2-1-3-5-18)30-31(24(21)29-15-28-23)17-12-20(32)25(13-17)10-11-27-14-25/h1-9,15,17,27H,10-14H2,(H2,26,28,29). The lowest BCUT2D eigenvalue weighted by Crippen LogP contribution is -2.28. The zero-order valence-electron chi connectivity index (χ0n) is 18.1. The van der Waals surface area contributed by atoms with Crippen molar-refractivity contribution in [2.75, 3.05) is 18.8 Å². The van der Waals surface area contributed by atoms with Crippen molar-refractivity contribution in [1.82, 2.24) is 25.1 Å². The Morgan fingerprint density at radius 1 is 1.06 bits per heavy atom. The number of nitrogen functional groups attached to an aromatic ring is 1. The van der Waals surface area contributed by atoms with Crippen LogP contribution in [0.15, 0.2) is 60.9 Å². The Hall–Kier alpha value is -3.78. The van der Waals surface area contributed by atoms with Crippen LogP contribution in [-0.4, -0.2) is 38.6 Å². The van der Waals surface area contributed by atoms with Crippen LogP contribution in [0.1, 0.15) is 25.3 Å². The molecule has 6 rings (SSSR count). The minimum atomic E-state index is -0.280. The van der Waals surface area contributed by atoms with Gasteiger partial charge in [-0.05, 0) is 55.8 Å². The van der Waals surface area contributed by atoms with Gasteiger partial charge in [0, 0.05) is 23.9 Å². The molecular formula is C25H24N6O2. The highest BCUT2D eigenvalue weighted by atomic mass is 16.5. The number of hydrogen-bond acceptors (Lipinski definition) is 7. The molecule has 2 aromatic heterocycles. The van der Waals surface area contributed by atoms with Crippen molar-refractivity contribution in [3.8, 4) is 22.8 Å². The molecule has 2 unspecified atom stereocenters. The van der Waals surface area contributed by atoms with Crippen LogP contribution in [0.5, 0.6) is 11.5 Å². The van der Waals surface area contributed by atoms with Crippen molar-refractivity contribution < 1.29 is 9.53 Å². The molecule has 2 aromatic carbocycles. The third-order valence-corrected chi connectivity index (χ3v) is 6.85. The zero-order chi connectivity index (χ0) is 22.4. The maximum absolute atomic E-state index is 12.9. The smallest absolute Gasteiger partial charge is 0.164 e. The predicted octanol–water partition coefficient (Wildman–Crippen LogP) is 3.75. The van der Waals surface area contributed by atoms with Crippen molar-refractivity contribution >= 4 is 22.6 Å². The summed E-state index contributed by atoms with van der Waals surface area (Å²) in [7, 11) is 0. The third kappa shape index (κ3) is 3.34. The molecule has 1 aliphatic carbocycles. The molecule has 166 valence electrons. The number of rotatable bonds is 4. The van der Waals surface area contributed by atoms with Crippen LogP contribution in [0.3, 0.4) is 0 Å². The molecule has 2 atom stereocenters. The monoisotopic (exact) mass is 440 g/mol. The highest BCUT2D eigenvalue weighted by Gasteiger charge is 2.49. The summed E-state index contributed by atoms with van der Waals surface area (Å²) in [5.41, 5.74) is 8.27. The van der Waals surface area contributed by atoms with Crippen molar-refractivity contribution in [3.63, 3.8) is 0 Å². The highest BCUT2D eigenvalue weighted by molar-refractivity contribution is 5.98. The van der Waals surface area contributed by atoms with E-state index < -0.39 is 0 Å². The lowest BCUT2D eigenvalue weighted by molar-refractivity contribution is -0.124. The lowest BCUT2D eigenvalue weighted by atomic mass is 9.84. The van der Waals surface area contributed by atoms with Gasteiger partial charge in [0.05, 0.1) is 11.4 Å². The average Bonchev–Trinajstić information content (AvgIpc) is 3.54. The number of benzene rings is 2. The van der Waals surface area contributed by atoms with E-state index in [2.05, 4.69) is 15.3 Å². The van der Waals surface area contributed by atoms with Crippen molar-refractivity contribution in [2.45, 2.75) is 25.3 Å². The van der Waals surface area contributed by atoms with Crippen LogP contribution < -0.4 is 15.8 Å². The Kier molecular flexibility index (Phi) is 4.62. The summed E-state index contributed by atoms with van der Waals surface area (Å²) in [6, 6.07) is 17.3. The third-order valence-electron chi connectivity index (χ3n) is 6.85. The Morgan fingerprint density at radius 2 is 1.85 bits per heavy atom. The summed E-state index contributed by atoms with van der Waals surface area (Å²) >= 11 is 0. The average molecular weight is 441 g/mol. The lowest BCUT2D eigenvalue weighted by Gasteiger charge is -2.20. The summed E-state index contributed by atoms with van der Waals surface area (Å²) in [5.74, 6) is 2.20. The number of ketones is 1. The Labute approximate surface area is 190 Å². The number of fused-ring (bicyclic) bond motifs is 1. The molecule has 3 heterocycles. The summed E-state index contributed by atoms with van der Waals surface area (Å²) in [6.07, 6.45) is 3.57. The van der Waals surface area contributed by atoms with Gasteiger partial charge in [0.15, 0.2) is 5.65 Å². The molecule has 0 radical (unpaired) electrons. The molecule has 0 amide bonds. The van der Waals surface area contributed by atoms with E-state index in [1.807, 2.05) is 59.3 Å². The van der Waals surface area contributed by atoms with Gasteiger partial charge >= 0.3 is 0 Å². The molecular weight excluding hydrogens is 416 g/mol. The number of nitrogens with two attached hydrogens (primary N) is 1. The van der Waals surface area contributed by atoms with Gasteiger partial charge in [-0.1, -0.05) is 18.2 Å². The molecule has 1 spiro atoms. The minimum absolute atomic E-state index is 0.0383. The van der Waals surface area contributed by atoms with Crippen LogP contribution in [0.2, 0.25) is 0 Å². The number of carbonyl (C=O) groups excluding carboxylic acids is 1. The van der Waals surface area contributed by atoms with Crippen LogP contribution >= 0.6 is 0 Å². The Balaban J connectivity index is 1.37. The fourth-order valence-corrected chi connectivity index (χ4v) is 5.15. The molecule has 1 saturated heterocycles. The first-order valence-electron chi connectivity index (χ1n) is 11.2. The molecule has 1 aliphatic heterocycles. The van der Waals surface area contributed by atoms with Gasteiger partial charge in [-0.25, -0.2) is 14.6 Å². The van der Waals surface area contributed by atoms with E-state index in [9.17, 15) is 4.79 Å². The second-order valence-electron chi connectivity index (χ2n) is 8.88. The summed E-state index contributed by atoms with van der Waals surface area (Å²) < 4.78 is 7.80. The van der Waals surface area contributed by atoms with Crippen molar-refractivity contribution in [3.05, 3.63) is 60.9 Å². The Morgan fingerprint density at radius 3 is 2.61 bits per heavy atom. The highest BCUT2D eigenvalue weighted by Crippen LogP contribution is 2.46. The molecule has 4 aromatic rings. The van der Waals surface area contributed by atoms with E-state index in [-0.39, 0.29) is 11.5 Å². The van der Waals surface area contributed by atoms with E-state index in [0.717, 1.165) is 43.0 Å². The summed E-state index contributed by atoms with van der Waals surface area (Å²) in [4.78, 5) is 21.6. The molecule has 2 fully saturated rings. The van der Waals surface area contributed by atoms with Gasteiger partial charge < -0.3 is 15.8 Å². The van der Waals surface area contributed by atoms with Crippen LogP contribution in [0.4, 0.5) is 5.82 Å². The van der Waals surface area contributed by atoms with E-state index in [1.165, 1.54) is 6.33 Å². The number of hydrogen-bond donors (Lipinski definition) is 2. The Bertz CT molecular complexity index is 1330. The van der Waals surface area contributed by atoms with Crippen LogP contribution in [0, 0.1) is 5.41 Å². The van der Waals surface area contributed by atoms with Gasteiger partial charge in [-0.15, -0.1) is 0 Å². The van der Waals surface area contributed by atoms with Gasteiger partial charge in [0.25, 0.3) is 0 Å². The molecule has 3 N–H and O–H groups in total. The zero-order valence-corrected chi connectivity index (χ0v) is 18.1. The SMILES string of the molecule is Nc1ncnc2c1c(-c1ccc(Oc3ccccc3)cc1)nn2C1CC(=O)C2(CCNC2)C1. The molecule has 0 bridgehead atoms. The van der Waals surface area contributed by atoms with Crippen LogP contribution in [0.25, 0.3) is 22.3 Å². The molecule has 1 saturated carbocycles. The number of nitrogens with zero attached hydrogens (tertiary/aromatic N) is 4. The predicted molar refractivity (Wildman–Crippen MR) is 125 cm³/mol. The van der Waals surface area contributed by atoms with E-state index >= 15 is 0 Å². The molecule has 8 nitrogen and oxygen atoms in total. The van der Waals surface area contributed by atoms with Crippen molar-refractivity contribution in [1.29, 1.82) is 0 Å². The first-order valence-corrected chi connectivity index (χ1v) is 11.2. The first kappa shape index (κ1) is 19.9. The maximum atomic E-state index is 12.9. The van der Waals surface area contributed by atoms with Gasteiger partial charge in [0.2, 0.25) is 0 Å². The van der Waals surface area contributed by atoms with E-state index in [0.29, 0.717) is 34.7 Å². The fraction of sp³-hybridized carbons (Fsp3) is 0.280. The summed E-state index contributed by atoms with van der Waals surface area (Å²) in [6.45, 7) is 1.63. The normalized spacial score (nSPS) is 22.4. The van der Waals surface area contributed by atoms with Crippen molar-refractivity contribution in [2.24, 2.45) is 5.41 Å². The first-order chi connectivity index (χ1) is 16.1. The van der Waals surface area contributed by atoms with Gasteiger partial charge in [-0.3, -0.25) is 4.79 Å². The van der Waals surface area contributed by atoms with E-state index in [4.69, 9.17) is 15.6 Å². The molecule has 2 aliphatic rings. The van der Waals surface area contributed by atoms with Crippen LogP contribution in [-0.2, 0) is 4.79 Å². The number of aromatic nitrogens is 4. The maximum Gasteiger partial charge on any atom is 0.164 e. The van der Waals surface area contributed by atoms with Gasteiger partial charge in [-0.2, -0.15) is 5.10 Å². The topological polar surface area (TPSA) is 108 Å².